The predicted octanol–water partition coefficient (Wildman–Crippen LogP) is 5.00. The fourth-order valence-corrected chi connectivity index (χ4v) is 1.25. The van der Waals surface area contributed by atoms with E-state index in [2.05, 4.69) is 10.0 Å². The first-order chi connectivity index (χ1) is 10.4. The van der Waals surface area contributed by atoms with Gasteiger partial charge in [0.1, 0.15) is 6.29 Å². The average molecular weight is 528 g/mol. The number of hydrogen-bond acceptors (Lipinski definition) is 5. The molecule has 0 bridgehead atoms. The van der Waals surface area contributed by atoms with Gasteiger partial charge in [-0.15, -0.1) is 6.54 Å². The molecule has 0 aliphatic heterocycles. The Morgan fingerprint density at radius 1 is 1.09 bits per heavy atom. The van der Waals surface area contributed by atoms with E-state index in [-0.39, 0.29) is 27.7 Å². The van der Waals surface area contributed by atoms with E-state index in [4.69, 9.17) is 14.3 Å². The smallest absolute Gasteiger partial charge is 0.329 e. The second kappa shape index (κ2) is 27.7. The molecular formula is C15H39NO5PW-. The van der Waals surface area contributed by atoms with E-state index in [0.29, 0.717) is 6.54 Å². The number of aliphatic hydroxyl groups is 1. The van der Waals surface area contributed by atoms with Gasteiger partial charge in [-0.1, -0.05) is 68.7 Å². The predicted molar refractivity (Wildman–Crippen MR) is 95.5 cm³/mol. The molecule has 23 heavy (non-hydrogen) atoms. The molecule has 0 aliphatic rings. The van der Waals surface area contributed by atoms with Crippen LogP contribution in [-0.2, 0) is 35.0 Å². The van der Waals surface area contributed by atoms with Gasteiger partial charge in [0.25, 0.3) is 0 Å². The molecule has 0 fully saturated rings. The minimum Gasteiger partial charge on any atom is -0.532 e. The zero-order valence-corrected chi connectivity index (χ0v) is 20.4. The van der Waals surface area contributed by atoms with Gasteiger partial charge >= 0.3 is 8.60 Å². The van der Waals surface area contributed by atoms with Crippen LogP contribution in [-0.4, -0.2) is 36.6 Å². The monoisotopic (exact) mass is 528 g/mol. The van der Waals surface area contributed by atoms with Crippen LogP contribution < -0.4 is 0 Å². The van der Waals surface area contributed by atoms with Gasteiger partial charge in [0.15, 0.2) is 0 Å². The van der Waals surface area contributed by atoms with Crippen molar-refractivity contribution in [1.82, 2.24) is 0 Å². The first-order valence-electron chi connectivity index (χ1n) is 8.10. The summed E-state index contributed by atoms with van der Waals surface area (Å²) in [4.78, 5) is 14.0. The minimum atomic E-state index is -1.88. The molecule has 2 unspecified atom stereocenters. The van der Waals surface area contributed by atoms with E-state index in [1.165, 1.54) is 7.11 Å². The molecule has 2 atom stereocenters. The fourth-order valence-electron chi connectivity index (χ4n) is 0.703. The first kappa shape index (κ1) is 35.1. The van der Waals surface area contributed by atoms with Crippen molar-refractivity contribution in [3.63, 3.8) is 0 Å². The second-order valence-electron chi connectivity index (χ2n) is 3.99. The molecule has 0 saturated carbocycles. The summed E-state index contributed by atoms with van der Waals surface area (Å²) >= 11 is 0. The Bertz CT molecular complexity index is 191. The summed E-state index contributed by atoms with van der Waals surface area (Å²) < 4.78 is 9.58. The molecule has 8 heteroatoms. The normalized spacial score (nSPS) is 12.0. The van der Waals surface area contributed by atoms with Crippen LogP contribution in [0, 0.1) is 5.41 Å². The molecule has 0 aliphatic carbocycles. The van der Waals surface area contributed by atoms with Crippen molar-refractivity contribution >= 4 is 8.60 Å². The third-order valence-corrected chi connectivity index (χ3v) is 2.52. The van der Waals surface area contributed by atoms with Gasteiger partial charge in [-0.3, -0.25) is 0 Å². The largest absolute Gasteiger partial charge is 0.532 e. The van der Waals surface area contributed by atoms with Crippen LogP contribution in [0.1, 0.15) is 68.7 Å². The van der Waals surface area contributed by atoms with Gasteiger partial charge in [-0.05, 0) is 0 Å². The minimum absolute atomic E-state index is 0. The van der Waals surface area contributed by atoms with Crippen LogP contribution in [0.15, 0.2) is 0 Å². The Morgan fingerprint density at radius 3 is 1.87 bits per heavy atom. The van der Waals surface area contributed by atoms with Crippen molar-refractivity contribution in [3.8, 4) is 0 Å². The zero-order valence-electron chi connectivity index (χ0n) is 16.6. The standard InChI is InChI=1S/C9H21NO5P.3C2H6.W/c1-5-6-10-15-8(11)9(2,3)7-14-16(12)13-4;3*1-2;/h8,11-12H,5-7H2,1-4H3;3*1-2H3;/q-1;;;;. The van der Waals surface area contributed by atoms with Crippen molar-refractivity contribution in [1.29, 1.82) is 0 Å². The summed E-state index contributed by atoms with van der Waals surface area (Å²) in [5, 5.41) is 9.68. The molecule has 6 nitrogen and oxygen atoms in total. The van der Waals surface area contributed by atoms with Crippen LogP contribution in [0.25, 0.3) is 5.48 Å². The molecule has 0 saturated heterocycles. The molecule has 0 aromatic heterocycles. The number of hydrogen-bond donors (Lipinski definition) is 2. The molecule has 0 amide bonds. The van der Waals surface area contributed by atoms with Crippen molar-refractivity contribution in [2.45, 2.75) is 75.0 Å². The maximum atomic E-state index is 9.68. The Kier molecular flexibility index (Phi) is 42.3. The molecule has 0 spiro atoms. The fraction of sp³-hybridized carbons (Fsp3) is 1.00. The van der Waals surface area contributed by atoms with Crippen LogP contribution in [0.3, 0.4) is 0 Å². The molecule has 0 aromatic carbocycles. The van der Waals surface area contributed by atoms with Crippen molar-refractivity contribution in [2.24, 2.45) is 5.41 Å². The van der Waals surface area contributed by atoms with Gasteiger partial charge in [-0.2, -0.15) is 0 Å². The third kappa shape index (κ3) is 25.2. The summed E-state index contributed by atoms with van der Waals surface area (Å²) in [7, 11) is -0.531. The molecule has 0 radical (unpaired) electrons. The van der Waals surface area contributed by atoms with Crippen LogP contribution in [0.4, 0.5) is 0 Å². The van der Waals surface area contributed by atoms with Crippen LogP contribution >= 0.6 is 8.60 Å². The van der Waals surface area contributed by atoms with Crippen molar-refractivity contribution in [3.05, 3.63) is 5.48 Å². The quantitative estimate of drug-likeness (QED) is 0.191. The van der Waals surface area contributed by atoms with Gasteiger partial charge in [-0.25, -0.2) is 0 Å². The van der Waals surface area contributed by atoms with Crippen LogP contribution in [0.2, 0.25) is 0 Å². The number of rotatable bonds is 9. The number of aliphatic hydroxyl groups excluding tert-OH is 1. The van der Waals surface area contributed by atoms with E-state index < -0.39 is 20.3 Å². The SMILES string of the molecule is CC.CC.CC.CCC[N-]OC(O)C(C)(C)COP(O)OC.[W]. The Labute approximate surface area is 159 Å². The second-order valence-corrected chi connectivity index (χ2v) is 5.09. The van der Waals surface area contributed by atoms with Gasteiger partial charge in [0.05, 0.1) is 6.61 Å². The molecule has 146 valence electrons. The van der Waals surface area contributed by atoms with Crippen molar-refractivity contribution in [2.75, 3.05) is 20.3 Å². The van der Waals surface area contributed by atoms with E-state index >= 15 is 0 Å². The topological polar surface area (TPSA) is 82.3 Å². The Hall–Kier alpha value is 0.878. The molecular weight excluding hydrogens is 489 g/mol. The summed E-state index contributed by atoms with van der Waals surface area (Å²) in [5.41, 5.74) is 3.04. The van der Waals surface area contributed by atoms with Crippen LogP contribution in [0.5, 0.6) is 0 Å². The molecule has 2 N–H and O–H groups in total. The Balaban J connectivity index is -0.000000137. The van der Waals surface area contributed by atoms with Gasteiger partial charge in [0, 0.05) is 33.6 Å². The third-order valence-electron chi connectivity index (χ3n) is 1.86. The number of nitrogens with zero attached hydrogens (tertiary/aromatic N) is 1. The summed E-state index contributed by atoms with van der Waals surface area (Å²) in [6, 6.07) is 0. The van der Waals surface area contributed by atoms with Crippen molar-refractivity contribution < 1.29 is 45.0 Å². The van der Waals surface area contributed by atoms with E-state index in [0.717, 1.165) is 6.42 Å². The first-order valence-corrected chi connectivity index (χ1v) is 9.23. The number of hydroxylamine groups is 1. The maximum absolute atomic E-state index is 9.68. The zero-order chi connectivity index (χ0) is 18.6. The molecule has 0 rings (SSSR count). The average Bonchev–Trinajstić information content (AvgIpc) is 2.58. The molecule has 0 heterocycles. The van der Waals surface area contributed by atoms with Gasteiger partial charge in [0.2, 0.25) is 0 Å². The summed E-state index contributed by atoms with van der Waals surface area (Å²) in [6.07, 6.45) is -0.214. The Morgan fingerprint density at radius 2 is 1.52 bits per heavy atom. The maximum Gasteiger partial charge on any atom is 0.329 e. The van der Waals surface area contributed by atoms with E-state index in [1.807, 2.05) is 48.5 Å². The van der Waals surface area contributed by atoms with E-state index in [1.54, 1.807) is 13.8 Å². The van der Waals surface area contributed by atoms with E-state index in [9.17, 15) is 5.11 Å². The summed E-state index contributed by atoms with van der Waals surface area (Å²) in [6.45, 7) is 18.1. The summed E-state index contributed by atoms with van der Waals surface area (Å²) in [5.74, 6) is 0. The molecule has 0 aromatic rings. The van der Waals surface area contributed by atoms with Gasteiger partial charge < -0.3 is 29.4 Å².